The van der Waals surface area contributed by atoms with Gasteiger partial charge in [-0.05, 0) is 53.2 Å². The summed E-state index contributed by atoms with van der Waals surface area (Å²) in [7, 11) is -4.68. The molecule has 3 aromatic carbocycles. The van der Waals surface area contributed by atoms with E-state index in [4.69, 9.17) is 9.79 Å². The van der Waals surface area contributed by atoms with Gasteiger partial charge in [0, 0.05) is 25.7 Å². The van der Waals surface area contributed by atoms with Crippen LogP contribution >= 0.6 is 7.82 Å². The van der Waals surface area contributed by atoms with Crippen molar-refractivity contribution in [1.29, 1.82) is 0 Å². The van der Waals surface area contributed by atoms with E-state index in [0.717, 1.165) is 11.1 Å². The van der Waals surface area contributed by atoms with E-state index in [9.17, 15) is 18.9 Å². The molecule has 2 atom stereocenters. The molecule has 0 spiro atoms. The average Bonchev–Trinajstić information content (AvgIpc) is 3.48. The summed E-state index contributed by atoms with van der Waals surface area (Å²) in [4.78, 5) is 62.5. The van der Waals surface area contributed by atoms with Gasteiger partial charge < -0.3 is 19.6 Å². The van der Waals surface area contributed by atoms with Crippen LogP contribution < -0.4 is 9.84 Å². The monoisotopic (exact) mass is 633 g/mol. The smallest absolute Gasteiger partial charge is 0.404 e. The summed E-state index contributed by atoms with van der Waals surface area (Å²) in [6.07, 6.45) is 4.03. The molecular weight excluding hydrogens is 593 g/mol. The lowest BCUT2D eigenvalue weighted by Gasteiger charge is -2.36. The van der Waals surface area contributed by atoms with Crippen LogP contribution in [0.2, 0.25) is 0 Å². The zero-order valence-electron chi connectivity index (χ0n) is 25.7. The van der Waals surface area contributed by atoms with Gasteiger partial charge in [0.05, 0.1) is 0 Å². The zero-order chi connectivity index (χ0) is 32.6. The van der Waals surface area contributed by atoms with Gasteiger partial charge in [-0.2, -0.15) is 0 Å². The van der Waals surface area contributed by atoms with Crippen LogP contribution in [0.3, 0.4) is 0 Å². The molecule has 0 radical (unpaired) electrons. The van der Waals surface area contributed by atoms with Gasteiger partial charge in [0.25, 0.3) is 0 Å². The lowest BCUT2D eigenvalue weighted by Crippen LogP contribution is -2.57. The Morgan fingerprint density at radius 1 is 0.956 bits per heavy atom. The molecule has 1 fully saturated rings. The molecule has 0 aliphatic carbocycles. The van der Waals surface area contributed by atoms with Crippen molar-refractivity contribution in [3.8, 4) is 5.75 Å². The van der Waals surface area contributed by atoms with Crippen molar-refractivity contribution in [2.24, 2.45) is 5.41 Å². The van der Waals surface area contributed by atoms with Crippen LogP contribution in [-0.4, -0.2) is 55.9 Å². The van der Waals surface area contributed by atoms with Crippen LogP contribution in [0.15, 0.2) is 91.0 Å². The third kappa shape index (κ3) is 9.88. The predicted octanol–water partition coefficient (Wildman–Crippen LogP) is 4.92. The van der Waals surface area contributed by atoms with Gasteiger partial charge in [0.15, 0.2) is 0 Å². The Morgan fingerprint density at radius 2 is 1.51 bits per heavy atom. The fourth-order valence-corrected chi connectivity index (χ4v) is 5.67. The number of phosphoric acid groups is 1. The van der Waals surface area contributed by atoms with Gasteiger partial charge >= 0.3 is 7.82 Å². The van der Waals surface area contributed by atoms with Crippen LogP contribution in [0, 0.1) is 5.41 Å². The molecule has 45 heavy (non-hydrogen) atoms. The van der Waals surface area contributed by atoms with Crippen LogP contribution in [0.4, 0.5) is 0 Å². The zero-order valence-corrected chi connectivity index (χ0v) is 26.6. The summed E-state index contributed by atoms with van der Waals surface area (Å²) in [6, 6.07) is 23.8. The number of nitrogens with one attached hydrogen (secondary N) is 1. The number of carbonyl (C=O) groups excluding carboxylic acids is 3. The second-order valence-electron chi connectivity index (χ2n) is 12.1. The number of likely N-dealkylation sites (tertiary alicyclic amines) is 1. The number of hydrogen-bond donors (Lipinski definition) is 3. The molecule has 1 aliphatic heterocycles. The van der Waals surface area contributed by atoms with Crippen molar-refractivity contribution >= 4 is 31.6 Å². The highest BCUT2D eigenvalue weighted by Crippen LogP contribution is 2.37. The van der Waals surface area contributed by atoms with Crippen molar-refractivity contribution in [3.05, 3.63) is 108 Å². The molecule has 1 heterocycles. The Bertz CT molecular complexity index is 1490. The van der Waals surface area contributed by atoms with Crippen molar-refractivity contribution in [2.45, 2.75) is 58.8 Å². The molecule has 0 bridgehead atoms. The summed E-state index contributed by atoms with van der Waals surface area (Å²) >= 11 is 0. The Kier molecular flexibility index (Phi) is 11.0. The van der Waals surface area contributed by atoms with Gasteiger partial charge in [0.1, 0.15) is 17.8 Å². The van der Waals surface area contributed by atoms with Crippen LogP contribution in [0.25, 0.3) is 6.08 Å². The number of amides is 3. The first-order chi connectivity index (χ1) is 21.3. The summed E-state index contributed by atoms with van der Waals surface area (Å²) < 4.78 is 15.6. The molecule has 0 unspecified atom stereocenters. The number of rotatable bonds is 11. The van der Waals surface area contributed by atoms with Crippen molar-refractivity contribution < 1.29 is 33.3 Å². The highest BCUT2D eigenvalue weighted by molar-refractivity contribution is 7.46. The van der Waals surface area contributed by atoms with Gasteiger partial charge in [0.2, 0.25) is 17.7 Å². The molecule has 0 saturated carbocycles. The van der Waals surface area contributed by atoms with E-state index in [-0.39, 0.29) is 17.6 Å². The van der Waals surface area contributed by atoms with Gasteiger partial charge in [-0.25, -0.2) is 4.57 Å². The summed E-state index contributed by atoms with van der Waals surface area (Å²) in [6.45, 7) is 6.82. The first-order valence-electron chi connectivity index (χ1n) is 14.8. The number of hydrogen-bond acceptors (Lipinski definition) is 5. The predicted molar refractivity (Wildman–Crippen MR) is 171 cm³/mol. The SMILES string of the molecule is CC(C)(C)[C@H](NC(=O)/C=C/c1ccc(OP(=O)(O)O)cc1)C(=O)N1CCC[C@H]1C(=O)N(Cc1ccccc1)Cc1ccccc1. The van der Waals surface area contributed by atoms with E-state index >= 15 is 0 Å². The number of carbonyl (C=O) groups is 3. The van der Waals surface area contributed by atoms with Gasteiger partial charge in [-0.1, -0.05) is 93.6 Å². The van der Waals surface area contributed by atoms with E-state index in [1.807, 2.05) is 81.4 Å². The van der Waals surface area contributed by atoms with E-state index in [2.05, 4.69) is 9.84 Å². The fraction of sp³-hybridized carbons (Fsp3) is 0.324. The van der Waals surface area contributed by atoms with Crippen LogP contribution in [-0.2, 0) is 32.0 Å². The van der Waals surface area contributed by atoms with E-state index in [0.29, 0.717) is 38.0 Å². The van der Waals surface area contributed by atoms with Crippen LogP contribution in [0.5, 0.6) is 5.75 Å². The number of nitrogens with zero attached hydrogens (tertiary/aromatic N) is 2. The van der Waals surface area contributed by atoms with E-state index in [1.165, 1.54) is 36.4 Å². The van der Waals surface area contributed by atoms with E-state index in [1.54, 1.807) is 9.80 Å². The molecule has 3 N–H and O–H groups in total. The van der Waals surface area contributed by atoms with Crippen molar-refractivity contribution in [1.82, 2.24) is 15.1 Å². The minimum absolute atomic E-state index is 0.0101. The molecule has 1 saturated heterocycles. The molecule has 4 rings (SSSR count). The second-order valence-corrected chi connectivity index (χ2v) is 13.3. The Balaban J connectivity index is 1.48. The average molecular weight is 634 g/mol. The number of benzene rings is 3. The standard InChI is InChI=1S/C34H40N3O7P/c1-34(2,3)31(35-30(38)21-18-25-16-19-28(20-17-25)44-45(41,42)43)33(40)37-22-10-15-29(37)32(39)36(23-26-11-6-4-7-12-26)24-27-13-8-5-9-14-27/h4-9,11-14,16-21,29,31H,10,15,22-24H2,1-3H3,(H,35,38)(H2,41,42,43)/b21-18+/t29-,31+/m0/s1. The van der Waals surface area contributed by atoms with E-state index < -0.39 is 31.2 Å². The maximum absolute atomic E-state index is 14.1. The lowest BCUT2D eigenvalue weighted by atomic mass is 9.85. The van der Waals surface area contributed by atoms with Crippen molar-refractivity contribution in [3.63, 3.8) is 0 Å². The van der Waals surface area contributed by atoms with Gasteiger partial charge in [-0.3, -0.25) is 24.2 Å². The maximum Gasteiger partial charge on any atom is 0.524 e. The largest absolute Gasteiger partial charge is 0.524 e. The topological polar surface area (TPSA) is 136 Å². The summed E-state index contributed by atoms with van der Waals surface area (Å²) in [5, 5.41) is 2.85. The minimum atomic E-state index is -4.68. The molecule has 0 aromatic heterocycles. The normalized spacial score (nSPS) is 15.9. The molecule has 10 nitrogen and oxygen atoms in total. The minimum Gasteiger partial charge on any atom is -0.404 e. The Morgan fingerprint density at radius 3 is 2.02 bits per heavy atom. The quantitative estimate of drug-likeness (QED) is 0.201. The molecule has 3 aromatic rings. The first-order valence-corrected chi connectivity index (χ1v) is 16.3. The number of phosphoric ester groups is 1. The molecule has 11 heteroatoms. The maximum atomic E-state index is 14.1. The van der Waals surface area contributed by atoms with Gasteiger partial charge in [-0.15, -0.1) is 0 Å². The summed E-state index contributed by atoms with van der Waals surface area (Å²) in [5.74, 6) is -0.933. The van der Waals surface area contributed by atoms with Crippen LogP contribution in [0.1, 0.15) is 50.3 Å². The highest BCUT2D eigenvalue weighted by Gasteiger charge is 2.42. The Hall–Kier alpha value is -4.24. The molecule has 1 aliphatic rings. The van der Waals surface area contributed by atoms with Crippen molar-refractivity contribution in [2.75, 3.05) is 6.54 Å². The highest BCUT2D eigenvalue weighted by atomic mass is 31.2. The summed E-state index contributed by atoms with van der Waals surface area (Å²) in [5.41, 5.74) is 1.93. The first kappa shape index (κ1) is 33.6. The third-order valence-corrected chi connectivity index (χ3v) is 7.94. The Labute approximate surface area is 263 Å². The molecule has 238 valence electrons. The third-order valence-electron chi connectivity index (χ3n) is 7.50. The fourth-order valence-electron chi connectivity index (χ4n) is 5.27. The lowest BCUT2D eigenvalue weighted by molar-refractivity contribution is -0.147. The second kappa shape index (κ2) is 14.7. The molecular formula is C34H40N3O7P. The molecule has 3 amide bonds.